The molecule has 2 unspecified atom stereocenters. The van der Waals surface area contributed by atoms with Crippen molar-refractivity contribution >= 4 is 12.0 Å². The largest absolute Gasteiger partial charge is 0.480 e. The molecule has 0 radical (unpaired) electrons. The van der Waals surface area contributed by atoms with E-state index in [1.165, 1.54) is 6.42 Å². The third kappa shape index (κ3) is 3.85. The van der Waals surface area contributed by atoms with Gasteiger partial charge in [-0.1, -0.05) is 6.42 Å². The molecule has 2 aliphatic heterocycles. The number of amides is 2. The van der Waals surface area contributed by atoms with Crippen molar-refractivity contribution in [3.05, 3.63) is 0 Å². The Labute approximate surface area is 125 Å². The summed E-state index contributed by atoms with van der Waals surface area (Å²) in [5.74, 6) is -0.991. The van der Waals surface area contributed by atoms with Crippen molar-refractivity contribution in [1.29, 1.82) is 0 Å². The number of likely N-dealkylation sites (tertiary alicyclic amines) is 1. The van der Waals surface area contributed by atoms with E-state index in [1.54, 1.807) is 4.90 Å². The molecular weight excluding hydrogens is 274 g/mol. The number of ether oxygens (including phenoxy) is 1. The fourth-order valence-electron chi connectivity index (χ4n) is 3.05. The third-order valence-electron chi connectivity index (χ3n) is 4.30. The topological polar surface area (TPSA) is 82.1 Å². The number of urea groups is 1. The number of aliphatic carboxylic acids is 1. The first-order chi connectivity index (χ1) is 9.81. The normalized spacial score (nSPS) is 28.8. The molecule has 0 aromatic rings. The minimum absolute atomic E-state index is 0.132. The average molecular weight is 299 g/mol. The summed E-state index contributed by atoms with van der Waals surface area (Å²) in [5, 5.41) is 10.6. The Morgan fingerprint density at radius 2 is 1.86 bits per heavy atom. The third-order valence-corrected chi connectivity index (χ3v) is 4.30. The highest BCUT2D eigenvalue weighted by atomic mass is 16.5. The quantitative estimate of drug-likeness (QED) is 0.811. The molecule has 7 heteroatoms. The van der Waals surface area contributed by atoms with Gasteiger partial charge in [0.05, 0.1) is 13.1 Å². The molecule has 0 aromatic heterocycles. The van der Waals surface area contributed by atoms with Crippen LogP contribution in [-0.2, 0) is 9.53 Å². The van der Waals surface area contributed by atoms with E-state index in [-0.39, 0.29) is 12.6 Å². The average Bonchev–Trinajstić information content (AvgIpc) is 2.37. The van der Waals surface area contributed by atoms with E-state index in [0.29, 0.717) is 25.2 Å². The summed E-state index contributed by atoms with van der Waals surface area (Å²) in [6.07, 6.45) is 3.37. The molecule has 2 heterocycles. The number of hydrazine groups is 1. The van der Waals surface area contributed by atoms with Crippen LogP contribution in [0.2, 0.25) is 0 Å². The maximum atomic E-state index is 12.2. The first-order valence-electron chi connectivity index (χ1n) is 7.50. The van der Waals surface area contributed by atoms with Gasteiger partial charge in [0.15, 0.2) is 0 Å². The second-order valence-corrected chi connectivity index (χ2v) is 6.44. The van der Waals surface area contributed by atoms with Gasteiger partial charge in [0.2, 0.25) is 0 Å². The zero-order valence-corrected chi connectivity index (χ0v) is 13.0. The lowest BCUT2D eigenvalue weighted by Crippen LogP contribution is -2.67. The molecule has 120 valence electrons. The van der Waals surface area contributed by atoms with E-state index >= 15 is 0 Å². The highest BCUT2D eigenvalue weighted by molar-refractivity contribution is 5.75. The molecule has 2 fully saturated rings. The zero-order chi connectivity index (χ0) is 15.6. The number of carboxylic acid groups (broad SMARTS) is 1. The number of carboxylic acids is 1. The van der Waals surface area contributed by atoms with Crippen LogP contribution in [-0.4, -0.2) is 64.4 Å². The predicted molar refractivity (Wildman–Crippen MR) is 76.7 cm³/mol. The molecule has 0 aromatic carbocycles. The number of carbonyl (C=O) groups is 2. The lowest BCUT2D eigenvalue weighted by Gasteiger charge is -2.48. The van der Waals surface area contributed by atoms with Crippen LogP contribution >= 0.6 is 0 Å². The predicted octanol–water partition coefficient (Wildman–Crippen LogP) is 1.05. The van der Waals surface area contributed by atoms with Gasteiger partial charge in [-0.3, -0.25) is 5.43 Å². The lowest BCUT2D eigenvalue weighted by atomic mass is 9.97. The van der Waals surface area contributed by atoms with Crippen LogP contribution in [0.15, 0.2) is 0 Å². The van der Waals surface area contributed by atoms with Crippen LogP contribution in [0.25, 0.3) is 0 Å². The van der Waals surface area contributed by atoms with Crippen LogP contribution in [0.3, 0.4) is 0 Å². The van der Waals surface area contributed by atoms with E-state index in [2.05, 4.69) is 19.3 Å². The van der Waals surface area contributed by atoms with Crippen LogP contribution in [0.1, 0.15) is 40.0 Å². The Balaban J connectivity index is 1.79. The monoisotopic (exact) mass is 299 g/mol. The molecular formula is C14H25N3O4. The molecule has 2 atom stereocenters. The Bertz CT molecular complexity index is 399. The van der Waals surface area contributed by atoms with E-state index in [0.717, 1.165) is 12.8 Å². The standard InChI is InChI=1S/C14H25N3O4/c1-10-5-4-6-11(2)17(10)15-13(20)16-8-14(3,9-16)21-7-12(18)19/h10-11H,4-9H2,1-3H3,(H,15,20)(H,18,19). The number of piperidine rings is 1. The Morgan fingerprint density at radius 3 is 2.38 bits per heavy atom. The second-order valence-electron chi connectivity index (χ2n) is 6.44. The Morgan fingerprint density at radius 1 is 1.29 bits per heavy atom. The number of carbonyl (C=O) groups excluding carboxylic acids is 1. The van der Waals surface area contributed by atoms with E-state index in [9.17, 15) is 9.59 Å². The number of nitrogens with zero attached hydrogens (tertiary/aromatic N) is 2. The summed E-state index contributed by atoms with van der Waals surface area (Å²) in [5.41, 5.74) is 2.42. The van der Waals surface area contributed by atoms with E-state index < -0.39 is 11.6 Å². The summed E-state index contributed by atoms with van der Waals surface area (Å²) >= 11 is 0. The van der Waals surface area contributed by atoms with Gasteiger partial charge in [0.1, 0.15) is 12.2 Å². The smallest absolute Gasteiger partial charge is 0.332 e. The van der Waals surface area contributed by atoms with Gasteiger partial charge in [0.25, 0.3) is 0 Å². The van der Waals surface area contributed by atoms with Crippen LogP contribution in [0.4, 0.5) is 4.79 Å². The Hall–Kier alpha value is -1.34. The molecule has 0 aliphatic carbocycles. The van der Waals surface area contributed by atoms with Gasteiger partial charge >= 0.3 is 12.0 Å². The molecule has 7 nitrogen and oxygen atoms in total. The second kappa shape index (κ2) is 6.19. The van der Waals surface area contributed by atoms with Crippen molar-refractivity contribution in [1.82, 2.24) is 15.3 Å². The van der Waals surface area contributed by atoms with Crippen molar-refractivity contribution in [2.75, 3.05) is 19.7 Å². The fourth-order valence-corrected chi connectivity index (χ4v) is 3.05. The van der Waals surface area contributed by atoms with Crippen molar-refractivity contribution in [3.63, 3.8) is 0 Å². The molecule has 2 aliphatic rings. The van der Waals surface area contributed by atoms with Crippen LogP contribution < -0.4 is 5.43 Å². The molecule has 2 rings (SSSR count). The van der Waals surface area contributed by atoms with Gasteiger partial charge in [-0.25, -0.2) is 14.6 Å². The number of nitrogens with one attached hydrogen (secondary N) is 1. The first kappa shape index (κ1) is 16.0. The number of hydrogen-bond acceptors (Lipinski definition) is 4. The minimum atomic E-state index is -0.991. The van der Waals surface area contributed by atoms with Gasteiger partial charge in [-0.05, 0) is 33.6 Å². The summed E-state index contributed by atoms with van der Waals surface area (Å²) < 4.78 is 5.30. The first-order valence-corrected chi connectivity index (χ1v) is 7.50. The number of hydrogen-bond donors (Lipinski definition) is 2. The molecule has 2 N–H and O–H groups in total. The molecule has 0 saturated carbocycles. The van der Waals surface area contributed by atoms with Crippen molar-refractivity contribution in [2.45, 2.75) is 57.7 Å². The number of rotatable bonds is 4. The maximum absolute atomic E-state index is 12.2. The van der Waals surface area contributed by atoms with Crippen molar-refractivity contribution in [3.8, 4) is 0 Å². The zero-order valence-electron chi connectivity index (χ0n) is 13.0. The van der Waals surface area contributed by atoms with Crippen LogP contribution in [0.5, 0.6) is 0 Å². The molecule has 21 heavy (non-hydrogen) atoms. The summed E-state index contributed by atoms with van der Waals surface area (Å²) in [6.45, 7) is 6.57. The molecule has 2 saturated heterocycles. The maximum Gasteiger partial charge on any atom is 0.332 e. The van der Waals surface area contributed by atoms with Gasteiger partial charge < -0.3 is 14.7 Å². The van der Waals surface area contributed by atoms with Gasteiger partial charge in [0, 0.05) is 12.1 Å². The van der Waals surface area contributed by atoms with Gasteiger partial charge in [-0.2, -0.15) is 0 Å². The van der Waals surface area contributed by atoms with Crippen LogP contribution in [0, 0.1) is 0 Å². The lowest BCUT2D eigenvalue weighted by molar-refractivity contribution is -0.160. The van der Waals surface area contributed by atoms with Crippen molar-refractivity contribution < 1.29 is 19.4 Å². The Kier molecular flexibility index (Phi) is 4.73. The van der Waals surface area contributed by atoms with Gasteiger partial charge in [-0.15, -0.1) is 0 Å². The minimum Gasteiger partial charge on any atom is -0.480 e. The summed E-state index contributed by atoms with van der Waals surface area (Å²) in [4.78, 5) is 24.4. The summed E-state index contributed by atoms with van der Waals surface area (Å²) in [6, 6.07) is 0.550. The van der Waals surface area contributed by atoms with Crippen molar-refractivity contribution in [2.24, 2.45) is 0 Å². The molecule has 0 bridgehead atoms. The van der Waals surface area contributed by atoms with E-state index in [4.69, 9.17) is 9.84 Å². The highest BCUT2D eigenvalue weighted by Gasteiger charge is 2.43. The molecule has 2 amide bonds. The SMILES string of the molecule is CC1CCCC(C)N1NC(=O)N1CC(C)(OCC(=O)O)C1. The van der Waals surface area contributed by atoms with E-state index in [1.807, 2.05) is 11.9 Å². The highest BCUT2D eigenvalue weighted by Crippen LogP contribution is 2.25. The molecule has 0 spiro atoms. The fraction of sp³-hybridized carbons (Fsp3) is 0.857. The summed E-state index contributed by atoms with van der Waals surface area (Å²) in [7, 11) is 0.